The fourth-order valence-electron chi connectivity index (χ4n) is 1.61. The van der Waals surface area contributed by atoms with Crippen LogP contribution in [0.5, 0.6) is 5.75 Å². The Hall–Kier alpha value is -2.15. The second-order valence-corrected chi connectivity index (χ2v) is 4.94. The molecule has 0 radical (unpaired) electrons. The number of non-ortho nitro benzene ring substituents is 1. The number of nitro groups is 1. The molecule has 7 heteroatoms. The summed E-state index contributed by atoms with van der Waals surface area (Å²) in [6, 6.07) is 5.69. The van der Waals surface area contributed by atoms with Crippen LogP contribution in [0.2, 0.25) is 0 Å². The summed E-state index contributed by atoms with van der Waals surface area (Å²) in [5.41, 5.74) is 0.0273. The number of carbonyl (C=O) groups is 1. The van der Waals surface area contributed by atoms with Gasteiger partial charge in [-0.2, -0.15) is 0 Å². The molecule has 21 heavy (non-hydrogen) atoms. The molecule has 1 amide bonds. The number of nitro benzene ring substituents is 1. The molecule has 1 rings (SSSR count). The summed E-state index contributed by atoms with van der Waals surface area (Å²) in [5, 5.41) is 16.4. The van der Waals surface area contributed by atoms with Crippen LogP contribution in [-0.2, 0) is 4.79 Å². The van der Waals surface area contributed by atoms with Crippen LogP contribution in [0.1, 0.15) is 20.8 Å². The number of benzene rings is 1. The van der Waals surface area contributed by atoms with E-state index in [1.807, 2.05) is 13.8 Å². The second-order valence-electron chi connectivity index (χ2n) is 4.94. The summed E-state index contributed by atoms with van der Waals surface area (Å²) >= 11 is 0. The summed E-state index contributed by atoms with van der Waals surface area (Å²) in [4.78, 5) is 21.7. The average Bonchev–Trinajstić information content (AvgIpc) is 2.43. The number of rotatable bonds is 8. The van der Waals surface area contributed by atoms with Crippen LogP contribution in [0.3, 0.4) is 0 Å². The summed E-state index contributed by atoms with van der Waals surface area (Å²) in [5.74, 6) is 0.502. The molecule has 0 saturated carbocycles. The molecule has 0 aliphatic heterocycles. The van der Waals surface area contributed by atoms with Crippen molar-refractivity contribution < 1.29 is 14.5 Å². The fraction of sp³-hybridized carbons (Fsp3) is 0.500. The van der Waals surface area contributed by atoms with E-state index in [1.165, 1.54) is 12.1 Å². The third-order valence-corrected chi connectivity index (χ3v) is 2.69. The van der Waals surface area contributed by atoms with Crippen molar-refractivity contribution in [2.24, 2.45) is 0 Å². The predicted octanol–water partition coefficient (Wildman–Crippen LogP) is 1.48. The Morgan fingerprint density at radius 3 is 2.43 bits per heavy atom. The molecule has 0 aromatic heterocycles. The van der Waals surface area contributed by atoms with E-state index in [0.717, 1.165) is 0 Å². The van der Waals surface area contributed by atoms with Gasteiger partial charge in [-0.15, -0.1) is 0 Å². The van der Waals surface area contributed by atoms with Crippen molar-refractivity contribution in [3.05, 3.63) is 34.4 Å². The van der Waals surface area contributed by atoms with Crippen molar-refractivity contribution in [2.45, 2.75) is 32.9 Å². The van der Waals surface area contributed by atoms with Crippen LogP contribution in [0.4, 0.5) is 5.69 Å². The Morgan fingerprint density at radius 1 is 1.29 bits per heavy atom. The van der Waals surface area contributed by atoms with Crippen molar-refractivity contribution in [3.63, 3.8) is 0 Å². The van der Waals surface area contributed by atoms with Crippen LogP contribution in [0, 0.1) is 10.1 Å². The van der Waals surface area contributed by atoms with Crippen molar-refractivity contribution in [3.8, 4) is 5.75 Å². The number of carbonyl (C=O) groups excluding carboxylic acids is 1. The van der Waals surface area contributed by atoms with Gasteiger partial charge in [0, 0.05) is 24.7 Å². The highest BCUT2D eigenvalue weighted by Crippen LogP contribution is 2.16. The first-order valence-electron chi connectivity index (χ1n) is 6.81. The lowest BCUT2D eigenvalue weighted by Crippen LogP contribution is -2.45. The van der Waals surface area contributed by atoms with E-state index < -0.39 is 4.92 Å². The summed E-state index contributed by atoms with van der Waals surface area (Å²) in [6.45, 7) is 6.47. The number of hydrogen-bond acceptors (Lipinski definition) is 5. The first-order valence-corrected chi connectivity index (χ1v) is 6.81. The Balaban J connectivity index is 2.27. The third kappa shape index (κ3) is 6.22. The van der Waals surface area contributed by atoms with Gasteiger partial charge >= 0.3 is 0 Å². The highest BCUT2D eigenvalue weighted by molar-refractivity contribution is 5.81. The van der Waals surface area contributed by atoms with Gasteiger partial charge in [0.2, 0.25) is 5.91 Å². The Kier molecular flexibility index (Phi) is 6.61. The molecule has 0 aliphatic rings. The van der Waals surface area contributed by atoms with Crippen LogP contribution in [0.25, 0.3) is 0 Å². The van der Waals surface area contributed by atoms with E-state index in [-0.39, 0.29) is 23.7 Å². The lowest BCUT2D eigenvalue weighted by atomic mass is 10.3. The maximum Gasteiger partial charge on any atom is 0.269 e. The zero-order valence-corrected chi connectivity index (χ0v) is 12.5. The van der Waals surface area contributed by atoms with E-state index in [0.29, 0.717) is 18.9 Å². The maximum atomic E-state index is 11.6. The van der Waals surface area contributed by atoms with Gasteiger partial charge in [-0.05, 0) is 32.9 Å². The van der Waals surface area contributed by atoms with Gasteiger partial charge in [0.15, 0.2) is 0 Å². The molecule has 116 valence electrons. The monoisotopic (exact) mass is 295 g/mol. The minimum atomic E-state index is -0.458. The average molecular weight is 295 g/mol. The molecule has 1 unspecified atom stereocenters. The minimum absolute atomic E-state index is 0.0273. The van der Waals surface area contributed by atoms with E-state index in [4.69, 9.17) is 4.74 Å². The molecule has 7 nitrogen and oxygen atoms in total. The summed E-state index contributed by atoms with van der Waals surface area (Å²) < 4.78 is 5.44. The third-order valence-electron chi connectivity index (χ3n) is 2.69. The fourth-order valence-corrected chi connectivity index (χ4v) is 1.61. The van der Waals surface area contributed by atoms with Crippen LogP contribution in [0.15, 0.2) is 24.3 Å². The zero-order chi connectivity index (χ0) is 15.8. The van der Waals surface area contributed by atoms with Gasteiger partial charge in [-0.25, -0.2) is 0 Å². The van der Waals surface area contributed by atoms with Gasteiger partial charge in [-0.1, -0.05) is 0 Å². The Morgan fingerprint density at radius 2 is 1.90 bits per heavy atom. The van der Waals surface area contributed by atoms with E-state index >= 15 is 0 Å². The van der Waals surface area contributed by atoms with Crippen molar-refractivity contribution in [2.75, 3.05) is 13.2 Å². The summed E-state index contributed by atoms with van der Waals surface area (Å²) in [6.07, 6.45) is 0. The Labute approximate surface area is 123 Å². The molecule has 0 spiro atoms. The number of ether oxygens (including phenoxy) is 1. The first-order chi connectivity index (χ1) is 9.90. The molecule has 0 saturated heterocycles. The first kappa shape index (κ1) is 16.9. The molecule has 0 heterocycles. The molecule has 0 fully saturated rings. The van der Waals surface area contributed by atoms with Gasteiger partial charge < -0.3 is 15.4 Å². The normalized spacial score (nSPS) is 12.0. The Bertz CT molecular complexity index is 474. The number of nitrogens with one attached hydrogen (secondary N) is 2. The number of amides is 1. The minimum Gasteiger partial charge on any atom is -0.492 e. The molecule has 1 atom stereocenters. The quantitative estimate of drug-likeness (QED) is 0.430. The molecule has 0 aliphatic carbocycles. The van der Waals surface area contributed by atoms with Crippen molar-refractivity contribution >= 4 is 11.6 Å². The van der Waals surface area contributed by atoms with Crippen LogP contribution in [-0.4, -0.2) is 36.1 Å². The zero-order valence-electron chi connectivity index (χ0n) is 12.5. The number of hydrogen-bond donors (Lipinski definition) is 2. The van der Waals surface area contributed by atoms with Crippen molar-refractivity contribution in [1.82, 2.24) is 10.6 Å². The van der Waals surface area contributed by atoms with Gasteiger partial charge in [0.25, 0.3) is 5.69 Å². The van der Waals surface area contributed by atoms with Gasteiger partial charge in [0.1, 0.15) is 12.4 Å². The summed E-state index contributed by atoms with van der Waals surface area (Å²) in [7, 11) is 0. The van der Waals surface area contributed by atoms with Gasteiger partial charge in [0.05, 0.1) is 11.0 Å². The standard InChI is InChI=1S/C14H21N3O4/c1-10(2)16-14(18)11(3)15-8-9-21-13-6-4-12(5-7-13)17(19)20/h4-7,10-11,15H,8-9H2,1-3H3,(H,16,18). The smallest absolute Gasteiger partial charge is 0.269 e. The highest BCUT2D eigenvalue weighted by Gasteiger charge is 2.12. The lowest BCUT2D eigenvalue weighted by molar-refractivity contribution is -0.384. The van der Waals surface area contributed by atoms with E-state index in [1.54, 1.807) is 19.1 Å². The largest absolute Gasteiger partial charge is 0.492 e. The van der Waals surface area contributed by atoms with E-state index in [2.05, 4.69) is 10.6 Å². The molecular formula is C14H21N3O4. The topological polar surface area (TPSA) is 93.5 Å². The van der Waals surface area contributed by atoms with Crippen LogP contribution < -0.4 is 15.4 Å². The molecule has 2 N–H and O–H groups in total. The lowest BCUT2D eigenvalue weighted by Gasteiger charge is -2.16. The highest BCUT2D eigenvalue weighted by atomic mass is 16.6. The predicted molar refractivity (Wildman–Crippen MR) is 79.3 cm³/mol. The maximum absolute atomic E-state index is 11.6. The second kappa shape index (κ2) is 8.21. The molecule has 1 aromatic carbocycles. The van der Waals surface area contributed by atoms with E-state index in [9.17, 15) is 14.9 Å². The van der Waals surface area contributed by atoms with Crippen molar-refractivity contribution in [1.29, 1.82) is 0 Å². The van der Waals surface area contributed by atoms with Gasteiger partial charge in [-0.3, -0.25) is 14.9 Å². The SMILES string of the molecule is CC(C)NC(=O)C(C)NCCOc1ccc([N+](=O)[O-])cc1. The molecule has 0 bridgehead atoms. The van der Waals surface area contributed by atoms with Crippen LogP contribution >= 0.6 is 0 Å². The number of nitrogens with zero attached hydrogens (tertiary/aromatic N) is 1. The molecular weight excluding hydrogens is 274 g/mol. The molecule has 1 aromatic rings.